The summed E-state index contributed by atoms with van der Waals surface area (Å²) in [6.07, 6.45) is 5.99. The number of para-hydroxylation sites is 1. The van der Waals surface area contributed by atoms with Gasteiger partial charge in [-0.1, -0.05) is 31.4 Å². The van der Waals surface area contributed by atoms with Crippen LogP contribution in [-0.4, -0.2) is 34.6 Å². The fraction of sp³-hybridized carbons (Fsp3) is 0.500. The van der Waals surface area contributed by atoms with Crippen molar-refractivity contribution in [2.24, 2.45) is 5.92 Å². The molecule has 1 unspecified atom stereocenters. The van der Waals surface area contributed by atoms with Crippen molar-refractivity contribution in [1.82, 2.24) is 15.5 Å². The Labute approximate surface area is 140 Å². The summed E-state index contributed by atoms with van der Waals surface area (Å²) in [6.45, 7) is 0.409. The third-order valence-corrected chi connectivity index (χ3v) is 5.15. The highest BCUT2D eigenvalue weighted by atomic mass is 16.2. The third kappa shape index (κ3) is 2.77. The van der Waals surface area contributed by atoms with E-state index >= 15 is 0 Å². The predicted octanol–water partition coefficient (Wildman–Crippen LogP) is 2.36. The third-order valence-electron chi connectivity index (χ3n) is 5.15. The molecule has 2 amide bonds. The standard InChI is InChI=1S/C18H22N4O2/c23-16-10-12(18(24)19-13-6-2-1-3-7-13)11-22(16)17-14-8-4-5-9-15(14)20-21-17/h4-5,8-9,12-13H,1-3,6-7,10-11H2,(H,19,24)(H,20,21). The summed E-state index contributed by atoms with van der Waals surface area (Å²) in [7, 11) is 0. The lowest BCUT2D eigenvalue weighted by atomic mass is 9.95. The molecule has 1 aliphatic heterocycles. The van der Waals surface area contributed by atoms with E-state index in [1.807, 2.05) is 24.3 Å². The first-order chi connectivity index (χ1) is 11.7. The van der Waals surface area contributed by atoms with Crippen LogP contribution in [0.1, 0.15) is 38.5 Å². The Hall–Kier alpha value is -2.37. The van der Waals surface area contributed by atoms with Gasteiger partial charge in [-0.25, -0.2) is 0 Å². The summed E-state index contributed by atoms with van der Waals surface area (Å²) in [5.74, 6) is 0.326. The van der Waals surface area contributed by atoms with Crippen LogP contribution in [0.4, 0.5) is 5.82 Å². The number of benzene rings is 1. The number of amides is 2. The van der Waals surface area contributed by atoms with E-state index in [9.17, 15) is 9.59 Å². The zero-order valence-electron chi connectivity index (χ0n) is 13.6. The van der Waals surface area contributed by atoms with Crippen molar-refractivity contribution in [3.05, 3.63) is 24.3 Å². The second-order valence-electron chi connectivity index (χ2n) is 6.84. The molecular formula is C18H22N4O2. The molecule has 0 radical (unpaired) electrons. The maximum Gasteiger partial charge on any atom is 0.229 e. The molecule has 0 spiro atoms. The highest BCUT2D eigenvalue weighted by molar-refractivity contribution is 6.05. The number of fused-ring (bicyclic) bond motifs is 1. The van der Waals surface area contributed by atoms with E-state index in [2.05, 4.69) is 15.5 Å². The van der Waals surface area contributed by atoms with Crippen LogP contribution in [0.2, 0.25) is 0 Å². The molecule has 1 atom stereocenters. The lowest BCUT2D eigenvalue weighted by molar-refractivity contribution is -0.127. The van der Waals surface area contributed by atoms with Crippen LogP contribution in [0, 0.1) is 5.92 Å². The minimum absolute atomic E-state index is 0.0117. The molecule has 2 fully saturated rings. The normalized spacial score (nSPS) is 22.2. The van der Waals surface area contributed by atoms with Crippen molar-refractivity contribution >= 4 is 28.5 Å². The van der Waals surface area contributed by atoms with Gasteiger partial charge in [-0.05, 0) is 25.0 Å². The largest absolute Gasteiger partial charge is 0.353 e. The molecule has 6 heteroatoms. The van der Waals surface area contributed by atoms with E-state index in [0.29, 0.717) is 12.4 Å². The Morgan fingerprint density at radius 2 is 2.00 bits per heavy atom. The Morgan fingerprint density at radius 1 is 1.21 bits per heavy atom. The van der Waals surface area contributed by atoms with E-state index < -0.39 is 0 Å². The van der Waals surface area contributed by atoms with Crippen molar-refractivity contribution in [2.75, 3.05) is 11.4 Å². The van der Waals surface area contributed by atoms with E-state index in [4.69, 9.17) is 0 Å². The molecule has 6 nitrogen and oxygen atoms in total. The number of carbonyl (C=O) groups is 2. The predicted molar refractivity (Wildman–Crippen MR) is 91.6 cm³/mol. The fourth-order valence-electron chi connectivity index (χ4n) is 3.81. The number of aromatic amines is 1. The Kier molecular flexibility index (Phi) is 3.96. The maximum absolute atomic E-state index is 12.5. The van der Waals surface area contributed by atoms with Gasteiger partial charge in [0.25, 0.3) is 0 Å². The smallest absolute Gasteiger partial charge is 0.229 e. The van der Waals surface area contributed by atoms with Gasteiger partial charge in [-0.2, -0.15) is 5.10 Å². The first-order valence-corrected chi connectivity index (χ1v) is 8.76. The molecule has 24 heavy (non-hydrogen) atoms. The van der Waals surface area contributed by atoms with Crippen LogP contribution in [0.25, 0.3) is 10.9 Å². The monoisotopic (exact) mass is 326 g/mol. The summed E-state index contributed by atoms with van der Waals surface area (Å²) in [4.78, 5) is 26.6. The second-order valence-corrected chi connectivity index (χ2v) is 6.84. The second kappa shape index (κ2) is 6.26. The van der Waals surface area contributed by atoms with Crippen molar-refractivity contribution in [3.63, 3.8) is 0 Å². The number of nitrogens with one attached hydrogen (secondary N) is 2. The summed E-state index contributed by atoms with van der Waals surface area (Å²) in [5, 5.41) is 11.3. The van der Waals surface area contributed by atoms with Gasteiger partial charge in [0.2, 0.25) is 11.8 Å². The first kappa shape index (κ1) is 15.2. The van der Waals surface area contributed by atoms with Crippen LogP contribution in [0.3, 0.4) is 0 Å². The molecule has 1 saturated carbocycles. The summed E-state index contributed by atoms with van der Waals surface area (Å²) in [6, 6.07) is 8.00. The number of hydrogen-bond donors (Lipinski definition) is 2. The van der Waals surface area contributed by atoms with Crippen molar-refractivity contribution in [1.29, 1.82) is 0 Å². The Bertz CT molecular complexity index is 763. The number of carbonyl (C=O) groups excluding carboxylic acids is 2. The van der Waals surface area contributed by atoms with Gasteiger partial charge in [0.1, 0.15) is 0 Å². The lowest BCUT2D eigenvalue weighted by Crippen LogP contribution is -2.40. The highest BCUT2D eigenvalue weighted by Gasteiger charge is 2.37. The molecule has 2 N–H and O–H groups in total. The van der Waals surface area contributed by atoms with Gasteiger partial charge < -0.3 is 5.32 Å². The number of rotatable bonds is 3. The van der Waals surface area contributed by atoms with Gasteiger partial charge in [-0.15, -0.1) is 0 Å². The van der Waals surface area contributed by atoms with Crippen LogP contribution < -0.4 is 10.2 Å². The molecule has 1 aromatic heterocycles. The molecule has 4 rings (SSSR count). The summed E-state index contributed by atoms with van der Waals surface area (Å²) in [5.41, 5.74) is 0.899. The number of H-pyrrole nitrogens is 1. The molecular weight excluding hydrogens is 304 g/mol. The number of anilines is 1. The average Bonchev–Trinajstić information content (AvgIpc) is 3.19. The quantitative estimate of drug-likeness (QED) is 0.909. The zero-order valence-corrected chi connectivity index (χ0v) is 13.6. The lowest BCUT2D eigenvalue weighted by Gasteiger charge is -2.24. The first-order valence-electron chi connectivity index (χ1n) is 8.76. The fourth-order valence-corrected chi connectivity index (χ4v) is 3.81. The molecule has 126 valence electrons. The summed E-state index contributed by atoms with van der Waals surface area (Å²) < 4.78 is 0. The van der Waals surface area contributed by atoms with Crippen LogP contribution in [0.15, 0.2) is 24.3 Å². The summed E-state index contributed by atoms with van der Waals surface area (Å²) >= 11 is 0. The van der Waals surface area contributed by atoms with E-state index in [0.717, 1.165) is 23.7 Å². The van der Waals surface area contributed by atoms with Gasteiger partial charge in [0, 0.05) is 24.4 Å². The Balaban J connectivity index is 1.47. The number of aromatic nitrogens is 2. The molecule has 1 aliphatic carbocycles. The molecule has 0 bridgehead atoms. The van der Waals surface area contributed by atoms with E-state index in [-0.39, 0.29) is 30.2 Å². The van der Waals surface area contributed by atoms with Gasteiger partial charge in [0.15, 0.2) is 5.82 Å². The highest BCUT2D eigenvalue weighted by Crippen LogP contribution is 2.30. The van der Waals surface area contributed by atoms with Crippen molar-refractivity contribution in [2.45, 2.75) is 44.6 Å². The number of hydrogen-bond acceptors (Lipinski definition) is 3. The Morgan fingerprint density at radius 3 is 2.83 bits per heavy atom. The molecule has 1 aromatic carbocycles. The van der Waals surface area contributed by atoms with Crippen LogP contribution in [-0.2, 0) is 9.59 Å². The van der Waals surface area contributed by atoms with Gasteiger partial charge in [-0.3, -0.25) is 19.6 Å². The number of nitrogens with zero attached hydrogens (tertiary/aromatic N) is 2. The SMILES string of the molecule is O=C(NC1CCCCC1)C1CC(=O)N(c2n[nH]c3ccccc23)C1. The molecule has 2 aliphatic rings. The minimum atomic E-state index is -0.283. The topological polar surface area (TPSA) is 78.1 Å². The van der Waals surface area contributed by atoms with Gasteiger partial charge in [0.05, 0.1) is 11.4 Å². The van der Waals surface area contributed by atoms with E-state index in [1.165, 1.54) is 19.3 Å². The van der Waals surface area contributed by atoms with Crippen LogP contribution in [0.5, 0.6) is 0 Å². The van der Waals surface area contributed by atoms with Crippen LogP contribution >= 0.6 is 0 Å². The molecule has 2 heterocycles. The minimum Gasteiger partial charge on any atom is -0.353 e. The van der Waals surface area contributed by atoms with Gasteiger partial charge >= 0.3 is 0 Å². The average molecular weight is 326 g/mol. The van der Waals surface area contributed by atoms with E-state index in [1.54, 1.807) is 4.90 Å². The van der Waals surface area contributed by atoms with Crippen molar-refractivity contribution < 1.29 is 9.59 Å². The zero-order chi connectivity index (χ0) is 16.5. The molecule has 1 saturated heterocycles. The van der Waals surface area contributed by atoms with Crippen molar-refractivity contribution in [3.8, 4) is 0 Å². The maximum atomic E-state index is 12.5. The molecule has 2 aromatic rings.